The molecule has 0 aromatic heterocycles. The minimum Gasteiger partial charge on any atom is -0.497 e. The zero-order valence-corrected chi connectivity index (χ0v) is 13.3. The summed E-state index contributed by atoms with van der Waals surface area (Å²) < 4.78 is 10.8. The Morgan fingerprint density at radius 1 is 1.19 bits per heavy atom. The van der Waals surface area contributed by atoms with Crippen LogP contribution in [-0.2, 0) is 0 Å². The summed E-state index contributed by atoms with van der Waals surface area (Å²) >= 11 is 0. The Balaban J connectivity index is 2.32. The van der Waals surface area contributed by atoms with E-state index in [9.17, 15) is 0 Å². The Kier molecular flexibility index (Phi) is 5.65. The number of hydrogen-bond donors (Lipinski definition) is 1. The summed E-state index contributed by atoms with van der Waals surface area (Å²) in [6, 6.07) is 6.46. The number of hydrogen-bond acceptors (Lipinski definition) is 4. The van der Waals surface area contributed by atoms with Crippen LogP contribution in [0.3, 0.4) is 0 Å². The highest BCUT2D eigenvalue weighted by Crippen LogP contribution is 2.33. The van der Waals surface area contributed by atoms with E-state index < -0.39 is 0 Å². The van der Waals surface area contributed by atoms with Gasteiger partial charge in [0.1, 0.15) is 11.5 Å². The van der Waals surface area contributed by atoms with E-state index in [1.54, 1.807) is 14.2 Å². The fraction of sp³-hybridized carbons (Fsp3) is 0.529. The molecule has 1 aliphatic rings. The van der Waals surface area contributed by atoms with E-state index in [0.29, 0.717) is 6.04 Å². The molecule has 0 unspecified atom stereocenters. The van der Waals surface area contributed by atoms with Crippen LogP contribution in [0.1, 0.15) is 24.9 Å². The number of rotatable bonds is 6. The Hall–Kier alpha value is -1.52. The van der Waals surface area contributed by atoms with Gasteiger partial charge >= 0.3 is 0 Å². The zero-order valence-electron chi connectivity index (χ0n) is 13.3. The third-order valence-corrected chi connectivity index (χ3v) is 3.89. The monoisotopic (exact) mass is 290 g/mol. The summed E-state index contributed by atoms with van der Waals surface area (Å²) in [5.74, 6) is 1.68. The lowest BCUT2D eigenvalue weighted by Crippen LogP contribution is -2.45. The maximum atomic E-state index is 5.41. The van der Waals surface area contributed by atoms with Crippen LogP contribution in [0, 0.1) is 0 Å². The predicted octanol–water partition coefficient (Wildman–Crippen LogP) is 2.62. The first-order valence-corrected chi connectivity index (χ1v) is 7.46. The Morgan fingerprint density at radius 3 is 2.24 bits per heavy atom. The van der Waals surface area contributed by atoms with Gasteiger partial charge in [-0.1, -0.05) is 5.57 Å². The fourth-order valence-electron chi connectivity index (χ4n) is 2.80. The van der Waals surface area contributed by atoms with Crippen molar-refractivity contribution in [3.63, 3.8) is 0 Å². The van der Waals surface area contributed by atoms with Crippen molar-refractivity contribution in [2.75, 3.05) is 40.4 Å². The lowest BCUT2D eigenvalue weighted by Gasteiger charge is -2.35. The molecule has 4 nitrogen and oxygen atoms in total. The molecule has 1 N–H and O–H groups in total. The number of methoxy groups -OCH3 is 2. The van der Waals surface area contributed by atoms with E-state index in [2.05, 4.69) is 35.9 Å². The molecular formula is C17H26N2O2. The molecule has 0 bridgehead atoms. The number of piperazine rings is 1. The van der Waals surface area contributed by atoms with Crippen LogP contribution in [0.4, 0.5) is 0 Å². The second kappa shape index (κ2) is 7.48. The van der Waals surface area contributed by atoms with Crippen LogP contribution in [-0.4, -0.2) is 45.3 Å². The van der Waals surface area contributed by atoms with Crippen LogP contribution < -0.4 is 14.8 Å². The second-order valence-corrected chi connectivity index (χ2v) is 5.61. The molecule has 1 saturated heterocycles. The molecule has 4 heteroatoms. The maximum absolute atomic E-state index is 5.41. The SMILES string of the molecule is C=C(C)C[C@@H](c1cc(OC)cc(OC)c1)N1CCNCC1. The van der Waals surface area contributed by atoms with Crippen molar-refractivity contribution >= 4 is 0 Å². The first-order valence-electron chi connectivity index (χ1n) is 7.46. The maximum Gasteiger partial charge on any atom is 0.122 e. The average Bonchev–Trinajstić information content (AvgIpc) is 2.52. The van der Waals surface area contributed by atoms with Gasteiger partial charge in [-0.05, 0) is 31.0 Å². The van der Waals surface area contributed by atoms with Gasteiger partial charge in [-0.25, -0.2) is 0 Å². The molecule has 1 atom stereocenters. The van der Waals surface area contributed by atoms with Crippen molar-refractivity contribution in [3.8, 4) is 11.5 Å². The topological polar surface area (TPSA) is 33.7 Å². The minimum absolute atomic E-state index is 0.327. The highest BCUT2D eigenvalue weighted by atomic mass is 16.5. The largest absolute Gasteiger partial charge is 0.497 e. The van der Waals surface area contributed by atoms with Gasteiger partial charge < -0.3 is 14.8 Å². The standard InChI is InChI=1S/C17H26N2O2/c1-13(2)9-17(19-7-5-18-6-8-19)14-10-15(20-3)12-16(11-14)21-4/h10-12,17-18H,1,5-9H2,2-4H3/t17-/m0/s1. The minimum atomic E-state index is 0.327. The van der Waals surface area contributed by atoms with E-state index in [-0.39, 0.29) is 0 Å². The molecule has 1 fully saturated rings. The lowest BCUT2D eigenvalue weighted by molar-refractivity contribution is 0.172. The molecular weight excluding hydrogens is 264 g/mol. The van der Waals surface area contributed by atoms with Gasteiger partial charge in [-0.3, -0.25) is 4.90 Å². The van der Waals surface area contributed by atoms with Gasteiger partial charge in [0, 0.05) is 38.3 Å². The van der Waals surface area contributed by atoms with E-state index in [0.717, 1.165) is 44.1 Å². The highest BCUT2D eigenvalue weighted by Gasteiger charge is 2.23. The number of ether oxygens (including phenoxy) is 2. The van der Waals surface area contributed by atoms with Gasteiger partial charge in [-0.15, -0.1) is 6.58 Å². The second-order valence-electron chi connectivity index (χ2n) is 5.61. The molecule has 0 spiro atoms. The van der Waals surface area contributed by atoms with Gasteiger partial charge in [-0.2, -0.15) is 0 Å². The average molecular weight is 290 g/mol. The molecule has 0 radical (unpaired) electrons. The molecule has 0 saturated carbocycles. The quantitative estimate of drug-likeness (QED) is 0.817. The Morgan fingerprint density at radius 2 is 1.76 bits per heavy atom. The van der Waals surface area contributed by atoms with Crippen molar-refractivity contribution < 1.29 is 9.47 Å². The molecule has 1 aromatic carbocycles. The third kappa shape index (κ3) is 4.22. The summed E-state index contributed by atoms with van der Waals surface area (Å²) in [4.78, 5) is 2.51. The van der Waals surface area contributed by atoms with Crippen LogP contribution in [0.2, 0.25) is 0 Å². The zero-order chi connectivity index (χ0) is 15.2. The van der Waals surface area contributed by atoms with Crippen molar-refractivity contribution in [2.24, 2.45) is 0 Å². The molecule has 2 rings (SSSR count). The molecule has 0 amide bonds. The highest BCUT2D eigenvalue weighted by molar-refractivity contribution is 5.40. The van der Waals surface area contributed by atoms with E-state index >= 15 is 0 Å². The first-order chi connectivity index (χ1) is 10.1. The van der Waals surface area contributed by atoms with E-state index in [4.69, 9.17) is 9.47 Å². The molecule has 116 valence electrons. The Labute approximate surface area is 127 Å². The van der Waals surface area contributed by atoms with Crippen LogP contribution in [0.25, 0.3) is 0 Å². The molecule has 1 aliphatic heterocycles. The van der Waals surface area contributed by atoms with Crippen molar-refractivity contribution in [3.05, 3.63) is 35.9 Å². The number of nitrogens with one attached hydrogen (secondary N) is 1. The van der Waals surface area contributed by atoms with Crippen molar-refractivity contribution in [2.45, 2.75) is 19.4 Å². The summed E-state index contributed by atoms with van der Waals surface area (Å²) in [6.45, 7) is 10.4. The normalized spacial score (nSPS) is 17.3. The summed E-state index contributed by atoms with van der Waals surface area (Å²) in [6.07, 6.45) is 0.955. The fourth-order valence-corrected chi connectivity index (χ4v) is 2.80. The summed E-state index contributed by atoms with van der Waals surface area (Å²) in [5.41, 5.74) is 2.43. The molecule has 0 aliphatic carbocycles. The third-order valence-electron chi connectivity index (χ3n) is 3.89. The van der Waals surface area contributed by atoms with Crippen LogP contribution >= 0.6 is 0 Å². The number of nitrogens with zero attached hydrogens (tertiary/aromatic N) is 1. The van der Waals surface area contributed by atoms with Crippen molar-refractivity contribution in [1.29, 1.82) is 0 Å². The molecule has 21 heavy (non-hydrogen) atoms. The molecule has 1 aromatic rings. The van der Waals surface area contributed by atoms with Crippen LogP contribution in [0.5, 0.6) is 11.5 Å². The Bertz CT molecular complexity index is 459. The summed E-state index contributed by atoms with van der Waals surface area (Å²) in [5, 5.41) is 3.41. The molecule has 1 heterocycles. The summed E-state index contributed by atoms with van der Waals surface area (Å²) in [7, 11) is 3.38. The smallest absolute Gasteiger partial charge is 0.122 e. The van der Waals surface area contributed by atoms with Gasteiger partial charge in [0.25, 0.3) is 0 Å². The van der Waals surface area contributed by atoms with E-state index in [1.165, 1.54) is 11.1 Å². The lowest BCUT2D eigenvalue weighted by atomic mass is 9.97. The van der Waals surface area contributed by atoms with E-state index in [1.807, 2.05) is 6.07 Å². The van der Waals surface area contributed by atoms with Crippen molar-refractivity contribution in [1.82, 2.24) is 10.2 Å². The first kappa shape index (κ1) is 15.9. The number of benzene rings is 1. The van der Waals surface area contributed by atoms with Gasteiger partial charge in [0.05, 0.1) is 14.2 Å². The predicted molar refractivity (Wildman–Crippen MR) is 86.2 cm³/mol. The van der Waals surface area contributed by atoms with Gasteiger partial charge in [0.15, 0.2) is 0 Å². The van der Waals surface area contributed by atoms with Gasteiger partial charge in [0.2, 0.25) is 0 Å². The van der Waals surface area contributed by atoms with Crippen LogP contribution in [0.15, 0.2) is 30.4 Å².